The van der Waals surface area contributed by atoms with Crippen LogP contribution < -0.4 is 27.6 Å². The van der Waals surface area contributed by atoms with Gasteiger partial charge < -0.3 is 31.7 Å². The molecule has 0 aliphatic rings. The van der Waals surface area contributed by atoms with E-state index < -0.39 is 68.1 Å². The summed E-state index contributed by atoms with van der Waals surface area (Å²) in [4.78, 5) is 58.8. The lowest BCUT2D eigenvalue weighted by molar-refractivity contribution is -0.138. The minimum Gasteiger partial charge on any atom is -0.481 e. The minimum atomic E-state index is -1.62. The number of aliphatic hydroxyl groups is 2. The zero-order chi connectivity index (χ0) is 25.0. The number of hydrogen-bond acceptors (Lipinski definition) is 8. The number of nitrogens with one attached hydrogen (secondary N) is 3. The third kappa shape index (κ3) is 9.38. The van der Waals surface area contributed by atoms with Crippen molar-refractivity contribution in [1.82, 2.24) is 26.1 Å². The Morgan fingerprint density at radius 1 is 0.939 bits per heavy atom. The van der Waals surface area contributed by atoms with Crippen molar-refractivity contribution in [2.45, 2.75) is 25.0 Å². The topological polar surface area (TPSA) is 241 Å². The number of carboxylic acids is 1. The number of carbonyl (C=O) groups is 5. The monoisotopic (exact) mass is 469 g/mol. The molecule has 0 saturated heterocycles. The van der Waals surface area contributed by atoms with E-state index in [2.05, 4.69) is 10.6 Å². The molecule has 6 amide bonds. The maximum absolute atomic E-state index is 12.4. The molecular weight excluding hydrogens is 442 g/mol. The van der Waals surface area contributed by atoms with Gasteiger partial charge in [0.25, 0.3) is 5.91 Å². The van der Waals surface area contributed by atoms with Gasteiger partial charge in [0.05, 0.1) is 32.7 Å². The number of rotatable bonds is 11. The number of carbonyl (C=O) groups excluding carboxylic acids is 4. The number of carboxylic acid groups (broad SMARTS) is 1. The molecule has 33 heavy (non-hydrogen) atoms. The Kier molecular flexibility index (Phi) is 11.0. The van der Waals surface area contributed by atoms with Crippen LogP contribution in [0.1, 0.15) is 12.0 Å². The van der Waals surface area contributed by atoms with Gasteiger partial charge in [-0.3, -0.25) is 24.8 Å². The van der Waals surface area contributed by atoms with Crippen LogP contribution in [-0.4, -0.2) is 87.0 Å². The Hall–Kier alpha value is -3.95. The lowest BCUT2D eigenvalue weighted by atomic mass is 10.2. The van der Waals surface area contributed by atoms with E-state index >= 15 is 0 Å². The first-order valence-electron chi connectivity index (χ1n) is 9.57. The maximum Gasteiger partial charge on any atom is 0.333 e. The molecule has 0 aromatic heterocycles. The molecule has 0 fully saturated rings. The Labute approximate surface area is 188 Å². The third-order valence-corrected chi connectivity index (χ3v) is 4.13. The van der Waals surface area contributed by atoms with E-state index in [0.29, 0.717) is 10.6 Å². The number of urea groups is 2. The SMILES string of the molecule is NC(=O)N(CCC(=O)O)NC(=O)[C@H](CO)NC(=O)[C@H](CO)NC(=O)N(N)Cc1ccccc1. The summed E-state index contributed by atoms with van der Waals surface area (Å²) in [6.45, 7) is -2.24. The fraction of sp³-hybridized carbons (Fsp3) is 0.389. The highest BCUT2D eigenvalue weighted by Gasteiger charge is 2.28. The second-order valence-electron chi connectivity index (χ2n) is 6.65. The molecule has 15 heteroatoms. The van der Waals surface area contributed by atoms with Gasteiger partial charge >= 0.3 is 18.0 Å². The van der Waals surface area contributed by atoms with Crippen molar-refractivity contribution in [3.05, 3.63) is 35.9 Å². The molecule has 2 atom stereocenters. The van der Waals surface area contributed by atoms with Gasteiger partial charge in [0.15, 0.2) is 0 Å². The zero-order valence-corrected chi connectivity index (χ0v) is 17.5. The van der Waals surface area contributed by atoms with Crippen LogP contribution in [0.4, 0.5) is 9.59 Å². The summed E-state index contributed by atoms with van der Waals surface area (Å²) in [6.07, 6.45) is -0.531. The molecule has 0 unspecified atom stereocenters. The van der Waals surface area contributed by atoms with Crippen molar-refractivity contribution in [3.63, 3.8) is 0 Å². The molecule has 182 valence electrons. The standard InChI is InChI=1S/C18H27N7O8/c19-17(32)25(7-6-14(28)29)23-16(31)13(10-27)21-15(30)12(9-26)22-18(33)24(20)8-11-4-2-1-3-5-11/h1-5,12-13,26-27H,6-10,20H2,(H2,19,32)(H,21,30)(H,22,33)(H,23,31)(H,28,29)/t12-,13-/m0/s1. The molecule has 15 nitrogen and oxygen atoms in total. The maximum atomic E-state index is 12.4. The fourth-order valence-corrected chi connectivity index (χ4v) is 2.38. The average Bonchev–Trinajstić information content (AvgIpc) is 2.78. The molecule has 1 rings (SSSR count). The number of aliphatic carboxylic acids is 1. The molecule has 0 aliphatic carbocycles. The summed E-state index contributed by atoms with van der Waals surface area (Å²) >= 11 is 0. The molecule has 1 aromatic rings. The highest BCUT2D eigenvalue weighted by atomic mass is 16.4. The van der Waals surface area contributed by atoms with Gasteiger partial charge in [0.1, 0.15) is 12.1 Å². The van der Waals surface area contributed by atoms with Gasteiger partial charge in [-0.15, -0.1) is 0 Å². The van der Waals surface area contributed by atoms with Crippen molar-refractivity contribution in [2.75, 3.05) is 19.8 Å². The Bertz CT molecular complexity index is 838. The first kappa shape index (κ1) is 27.1. The number of amides is 6. The summed E-state index contributed by atoms with van der Waals surface area (Å²) in [5.74, 6) is 2.28. The summed E-state index contributed by atoms with van der Waals surface area (Å²) in [5.41, 5.74) is 7.74. The van der Waals surface area contributed by atoms with Crippen LogP contribution in [0.2, 0.25) is 0 Å². The normalized spacial score (nSPS) is 12.1. The summed E-state index contributed by atoms with van der Waals surface area (Å²) in [7, 11) is 0. The van der Waals surface area contributed by atoms with Crippen LogP contribution >= 0.6 is 0 Å². The number of benzene rings is 1. The summed E-state index contributed by atoms with van der Waals surface area (Å²) in [6, 6.07) is 3.49. The van der Waals surface area contributed by atoms with E-state index in [1.165, 1.54) is 0 Å². The fourth-order valence-electron chi connectivity index (χ4n) is 2.38. The van der Waals surface area contributed by atoms with E-state index in [0.717, 1.165) is 5.01 Å². The smallest absolute Gasteiger partial charge is 0.333 e. The van der Waals surface area contributed by atoms with Crippen molar-refractivity contribution < 1.29 is 39.3 Å². The molecule has 0 radical (unpaired) electrons. The quantitative estimate of drug-likeness (QED) is 0.0922. The highest BCUT2D eigenvalue weighted by Crippen LogP contribution is 2.02. The van der Waals surface area contributed by atoms with Crippen LogP contribution in [-0.2, 0) is 20.9 Å². The Balaban J connectivity index is 2.70. The first-order chi connectivity index (χ1) is 15.6. The molecule has 0 heterocycles. The first-order valence-corrected chi connectivity index (χ1v) is 9.57. The molecule has 0 aliphatic heterocycles. The van der Waals surface area contributed by atoms with Gasteiger partial charge in [-0.1, -0.05) is 30.3 Å². The van der Waals surface area contributed by atoms with Crippen LogP contribution in [0.25, 0.3) is 0 Å². The highest BCUT2D eigenvalue weighted by molar-refractivity contribution is 5.92. The molecule has 0 spiro atoms. The van der Waals surface area contributed by atoms with E-state index in [4.69, 9.17) is 16.7 Å². The minimum absolute atomic E-state index is 0.00735. The summed E-state index contributed by atoms with van der Waals surface area (Å²) in [5, 5.41) is 33.1. The lowest BCUT2D eigenvalue weighted by Gasteiger charge is -2.25. The van der Waals surface area contributed by atoms with E-state index in [1.807, 2.05) is 5.43 Å². The van der Waals surface area contributed by atoms with Gasteiger partial charge in [-0.05, 0) is 5.56 Å². The number of primary amides is 1. The lowest BCUT2D eigenvalue weighted by Crippen LogP contribution is -2.60. The van der Waals surface area contributed by atoms with Crippen molar-refractivity contribution in [1.29, 1.82) is 0 Å². The van der Waals surface area contributed by atoms with Crippen LogP contribution in [0.3, 0.4) is 0 Å². The average molecular weight is 469 g/mol. The third-order valence-electron chi connectivity index (χ3n) is 4.13. The van der Waals surface area contributed by atoms with Gasteiger partial charge in [0.2, 0.25) is 5.91 Å². The predicted molar refractivity (Wildman–Crippen MR) is 111 cm³/mol. The number of nitrogens with zero attached hydrogens (tertiary/aromatic N) is 2. The van der Waals surface area contributed by atoms with E-state index in [1.54, 1.807) is 30.3 Å². The zero-order valence-electron chi connectivity index (χ0n) is 17.5. The van der Waals surface area contributed by atoms with Crippen LogP contribution in [0.15, 0.2) is 30.3 Å². The number of hydrogen-bond donors (Lipinski definition) is 8. The number of nitrogens with two attached hydrogens (primary N) is 2. The van der Waals surface area contributed by atoms with Crippen molar-refractivity contribution >= 4 is 29.8 Å². The molecule has 0 saturated carbocycles. The predicted octanol–water partition coefficient (Wildman–Crippen LogP) is -3.20. The molecule has 10 N–H and O–H groups in total. The summed E-state index contributed by atoms with van der Waals surface area (Å²) < 4.78 is 0. The number of hydrazine groups is 2. The molecule has 0 bridgehead atoms. The van der Waals surface area contributed by atoms with Crippen LogP contribution in [0.5, 0.6) is 0 Å². The second-order valence-corrected chi connectivity index (χ2v) is 6.65. The van der Waals surface area contributed by atoms with Gasteiger partial charge in [-0.25, -0.2) is 20.4 Å². The van der Waals surface area contributed by atoms with Crippen LogP contribution in [0, 0.1) is 0 Å². The number of aliphatic hydroxyl groups excluding tert-OH is 2. The second kappa shape index (κ2) is 13.5. The van der Waals surface area contributed by atoms with E-state index in [-0.39, 0.29) is 6.54 Å². The van der Waals surface area contributed by atoms with Crippen molar-refractivity contribution in [2.24, 2.45) is 11.6 Å². The van der Waals surface area contributed by atoms with Gasteiger partial charge in [-0.2, -0.15) is 0 Å². The Morgan fingerprint density at radius 2 is 1.52 bits per heavy atom. The molecule has 1 aromatic carbocycles. The Morgan fingerprint density at radius 3 is 2.03 bits per heavy atom. The molecular formula is C18H27N7O8. The van der Waals surface area contributed by atoms with E-state index in [9.17, 15) is 34.2 Å². The van der Waals surface area contributed by atoms with Crippen molar-refractivity contribution in [3.8, 4) is 0 Å². The largest absolute Gasteiger partial charge is 0.481 e. The van der Waals surface area contributed by atoms with Gasteiger partial charge in [0, 0.05) is 0 Å².